The zero-order chi connectivity index (χ0) is 18.9. The molecule has 1 aliphatic rings. The largest absolute Gasteiger partial charge is 0.432 e. The van der Waals surface area contributed by atoms with E-state index in [1.165, 1.54) is 0 Å². The van der Waals surface area contributed by atoms with E-state index < -0.39 is 0 Å². The van der Waals surface area contributed by atoms with Gasteiger partial charge in [0.05, 0.1) is 5.69 Å². The van der Waals surface area contributed by atoms with Gasteiger partial charge in [-0.25, -0.2) is 9.97 Å². The van der Waals surface area contributed by atoms with Crippen LogP contribution in [0.15, 0.2) is 53.4 Å². The first-order valence-corrected chi connectivity index (χ1v) is 9.62. The van der Waals surface area contributed by atoms with Gasteiger partial charge in [0.25, 0.3) is 0 Å². The number of piperidine rings is 1. The van der Waals surface area contributed by atoms with Crippen LogP contribution >= 0.6 is 0 Å². The van der Waals surface area contributed by atoms with Crippen molar-refractivity contribution in [3.05, 3.63) is 54.6 Å². The molecule has 1 saturated heterocycles. The number of aromatic nitrogens is 4. The third-order valence-corrected chi connectivity index (χ3v) is 5.23. The van der Waals surface area contributed by atoms with Gasteiger partial charge in [0.1, 0.15) is 17.7 Å². The second-order valence-electron chi connectivity index (χ2n) is 7.11. The zero-order valence-corrected chi connectivity index (χ0v) is 15.7. The van der Waals surface area contributed by atoms with Gasteiger partial charge in [0, 0.05) is 24.0 Å². The van der Waals surface area contributed by atoms with Crippen molar-refractivity contribution in [2.45, 2.75) is 25.8 Å². The molecule has 0 atom stereocenters. The quantitative estimate of drug-likeness (QED) is 0.569. The van der Waals surface area contributed by atoms with Crippen molar-refractivity contribution in [1.29, 1.82) is 0 Å². The first-order chi connectivity index (χ1) is 13.8. The summed E-state index contributed by atoms with van der Waals surface area (Å²) in [5.41, 5.74) is 4.82. The predicted octanol–water partition coefficient (Wildman–Crippen LogP) is 3.52. The number of aryl methyl sites for hydroxylation is 1. The van der Waals surface area contributed by atoms with Gasteiger partial charge >= 0.3 is 5.84 Å². The van der Waals surface area contributed by atoms with Crippen LogP contribution in [0.3, 0.4) is 0 Å². The average molecular weight is 374 g/mol. The molecule has 2 N–H and O–H groups in total. The number of fused-ring (bicyclic) bond motifs is 1. The fraction of sp³-hybridized carbons (Fsp3) is 0.286. The summed E-state index contributed by atoms with van der Waals surface area (Å²) in [6, 6.07) is 10.5. The highest BCUT2D eigenvalue weighted by Crippen LogP contribution is 2.34. The molecular formula is C21H22N6O. The van der Waals surface area contributed by atoms with Crippen LogP contribution in [0.4, 0.5) is 5.95 Å². The molecule has 1 aromatic carbocycles. The highest BCUT2D eigenvalue weighted by molar-refractivity contribution is 5.81. The van der Waals surface area contributed by atoms with Crippen LogP contribution in [-0.2, 0) is 0 Å². The standard InChI is InChI=1S/C21H22N6O/c1-14-4-2-3-5-16(14)18-19(27-12-13-28-21(27)26-18)17-8-11-23-20(25-17)24-15-6-9-22-10-7-15/h2-5,8,11-13,15,22H,6-7,9-10H2,1H3,(H,23,24,25). The van der Waals surface area contributed by atoms with Crippen molar-refractivity contribution in [3.63, 3.8) is 0 Å². The number of oxazole rings is 1. The Morgan fingerprint density at radius 2 is 2.00 bits per heavy atom. The van der Waals surface area contributed by atoms with Crippen molar-refractivity contribution in [2.24, 2.45) is 0 Å². The summed E-state index contributed by atoms with van der Waals surface area (Å²) in [4.78, 5) is 14.0. The molecule has 28 heavy (non-hydrogen) atoms. The molecule has 0 spiro atoms. The molecule has 4 aromatic rings. The fourth-order valence-electron chi connectivity index (χ4n) is 3.77. The Morgan fingerprint density at radius 3 is 2.86 bits per heavy atom. The zero-order valence-electron chi connectivity index (χ0n) is 15.7. The van der Waals surface area contributed by atoms with Crippen molar-refractivity contribution in [3.8, 4) is 22.6 Å². The first-order valence-electron chi connectivity index (χ1n) is 9.62. The lowest BCUT2D eigenvalue weighted by atomic mass is 10.0. The number of rotatable bonds is 4. The number of nitrogens with zero attached hydrogens (tertiary/aromatic N) is 4. The maximum atomic E-state index is 5.56. The maximum absolute atomic E-state index is 5.56. The summed E-state index contributed by atoms with van der Waals surface area (Å²) < 4.78 is 7.50. The second-order valence-corrected chi connectivity index (χ2v) is 7.11. The van der Waals surface area contributed by atoms with Crippen molar-refractivity contribution < 1.29 is 4.42 Å². The number of hydrogen-bond donors (Lipinski definition) is 2. The molecule has 7 nitrogen and oxygen atoms in total. The smallest absolute Gasteiger partial charge is 0.306 e. The molecule has 0 saturated carbocycles. The highest BCUT2D eigenvalue weighted by atomic mass is 16.3. The van der Waals surface area contributed by atoms with E-state index in [1.54, 1.807) is 12.5 Å². The SMILES string of the molecule is Cc1ccccc1-c1nc2occn2c1-c1ccnc(NC2CCNCC2)n1. The van der Waals surface area contributed by atoms with E-state index in [4.69, 9.17) is 14.4 Å². The molecule has 0 bridgehead atoms. The van der Waals surface area contributed by atoms with Crippen LogP contribution in [0, 0.1) is 6.92 Å². The molecule has 1 aliphatic heterocycles. The topological polar surface area (TPSA) is 80.3 Å². The minimum absolute atomic E-state index is 0.395. The Labute approximate surface area is 162 Å². The van der Waals surface area contributed by atoms with Gasteiger partial charge in [0.15, 0.2) is 0 Å². The molecule has 0 aliphatic carbocycles. The molecule has 0 unspecified atom stereocenters. The molecule has 4 heterocycles. The fourth-order valence-corrected chi connectivity index (χ4v) is 3.77. The molecule has 0 amide bonds. The Hall–Kier alpha value is -3.19. The molecule has 0 radical (unpaired) electrons. The van der Waals surface area contributed by atoms with E-state index in [0.29, 0.717) is 17.8 Å². The number of nitrogens with one attached hydrogen (secondary N) is 2. The maximum Gasteiger partial charge on any atom is 0.306 e. The number of imidazole rings is 1. The van der Waals surface area contributed by atoms with Crippen LogP contribution in [0.5, 0.6) is 0 Å². The molecule has 3 aromatic heterocycles. The van der Waals surface area contributed by atoms with Gasteiger partial charge in [-0.3, -0.25) is 4.40 Å². The van der Waals surface area contributed by atoms with Gasteiger partial charge in [-0.15, -0.1) is 0 Å². The van der Waals surface area contributed by atoms with Gasteiger partial charge < -0.3 is 15.1 Å². The summed E-state index contributed by atoms with van der Waals surface area (Å²) >= 11 is 0. The molecule has 1 fully saturated rings. The van der Waals surface area contributed by atoms with E-state index in [1.807, 2.05) is 28.8 Å². The van der Waals surface area contributed by atoms with Gasteiger partial charge in [0.2, 0.25) is 5.95 Å². The van der Waals surface area contributed by atoms with Crippen molar-refractivity contribution >= 4 is 11.8 Å². The predicted molar refractivity (Wildman–Crippen MR) is 108 cm³/mol. The van der Waals surface area contributed by atoms with Gasteiger partial charge in [-0.1, -0.05) is 24.3 Å². The van der Waals surface area contributed by atoms with E-state index in [9.17, 15) is 0 Å². The lowest BCUT2D eigenvalue weighted by Gasteiger charge is -2.23. The number of anilines is 1. The Bertz CT molecular complexity index is 1110. The lowest BCUT2D eigenvalue weighted by Crippen LogP contribution is -2.35. The normalized spacial score (nSPS) is 15.2. The highest BCUT2D eigenvalue weighted by Gasteiger charge is 2.21. The first kappa shape index (κ1) is 16.9. The average Bonchev–Trinajstić information content (AvgIpc) is 3.30. The van der Waals surface area contributed by atoms with E-state index in [-0.39, 0.29) is 0 Å². The Balaban J connectivity index is 1.59. The summed E-state index contributed by atoms with van der Waals surface area (Å²) in [6.07, 6.45) is 7.46. The van der Waals surface area contributed by atoms with Crippen LogP contribution in [0.2, 0.25) is 0 Å². The third-order valence-electron chi connectivity index (χ3n) is 5.23. The van der Waals surface area contributed by atoms with E-state index in [2.05, 4.69) is 34.7 Å². The molecule has 7 heteroatoms. The van der Waals surface area contributed by atoms with Gasteiger partial charge in [-0.05, 0) is 44.5 Å². The summed E-state index contributed by atoms with van der Waals surface area (Å²) in [5.74, 6) is 1.21. The van der Waals surface area contributed by atoms with Crippen molar-refractivity contribution in [2.75, 3.05) is 18.4 Å². The monoisotopic (exact) mass is 374 g/mol. The summed E-state index contributed by atoms with van der Waals surface area (Å²) in [6.45, 7) is 4.13. The number of benzene rings is 1. The molecule has 142 valence electrons. The minimum Gasteiger partial charge on any atom is -0.432 e. The molecular weight excluding hydrogens is 352 g/mol. The minimum atomic E-state index is 0.395. The van der Waals surface area contributed by atoms with Crippen LogP contribution in [-0.4, -0.2) is 38.5 Å². The van der Waals surface area contributed by atoms with E-state index in [0.717, 1.165) is 54.1 Å². The molecule has 5 rings (SSSR count). The van der Waals surface area contributed by atoms with E-state index >= 15 is 0 Å². The third kappa shape index (κ3) is 3.03. The van der Waals surface area contributed by atoms with Crippen LogP contribution in [0.25, 0.3) is 28.5 Å². The van der Waals surface area contributed by atoms with Crippen LogP contribution < -0.4 is 10.6 Å². The van der Waals surface area contributed by atoms with Crippen molar-refractivity contribution in [1.82, 2.24) is 24.7 Å². The summed E-state index contributed by atoms with van der Waals surface area (Å²) in [5, 5.41) is 6.86. The summed E-state index contributed by atoms with van der Waals surface area (Å²) in [7, 11) is 0. The lowest BCUT2D eigenvalue weighted by molar-refractivity contribution is 0.477. The number of hydrogen-bond acceptors (Lipinski definition) is 6. The Kier molecular flexibility index (Phi) is 4.29. The van der Waals surface area contributed by atoms with Gasteiger partial charge in [-0.2, -0.15) is 4.98 Å². The Morgan fingerprint density at radius 1 is 1.14 bits per heavy atom. The second kappa shape index (κ2) is 7.09. The van der Waals surface area contributed by atoms with Crippen LogP contribution in [0.1, 0.15) is 18.4 Å².